The molecule has 0 amide bonds. The van der Waals surface area contributed by atoms with Crippen LogP contribution in [0.2, 0.25) is 0 Å². The summed E-state index contributed by atoms with van der Waals surface area (Å²) < 4.78 is 5.47. The monoisotopic (exact) mass is 259 g/mol. The minimum Gasteiger partial charge on any atom is -0.508 e. The van der Waals surface area contributed by atoms with Gasteiger partial charge in [-0.15, -0.1) is 0 Å². The number of nitrogen functional groups attached to an aromatic ring is 1. The number of ether oxygens (including phenoxy) is 1. The normalized spacial score (nSPS) is 10.1. The van der Waals surface area contributed by atoms with Crippen LogP contribution in [-0.4, -0.2) is 16.2 Å². The lowest BCUT2D eigenvalue weighted by atomic mass is 10.2. The third-order valence-electron chi connectivity index (χ3n) is 2.57. The van der Waals surface area contributed by atoms with E-state index in [1.807, 2.05) is 0 Å². The Bertz CT molecular complexity index is 610. The van der Waals surface area contributed by atoms with Gasteiger partial charge >= 0.3 is 5.97 Å². The van der Waals surface area contributed by atoms with Crippen molar-refractivity contribution in [3.8, 4) is 11.5 Å². The topological polar surface area (TPSA) is 92.8 Å². The molecule has 0 spiro atoms. The van der Waals surface area contributed by atoms with Crippen molar-refractivity contribution in [2.24, 2.45) is 0 Å². The van der Waals surface area contributed by atoms with Crippen LogP contribution < -0.4 is 10.5 Å². The number of rotatable bonds is 4. The summed E-state index contributed by atoms with van der Waals surface area (Å²) in [5, 5.41) is 18.2. The van der Waals surface area contributed by atoms with Gasteiger partial charge in [-0.05, 0) is 35.9 Å². The van der Waals surface area contributed by atoms with Crippen molar-refractivity contribution in [1.82, 2.24) is 0 Å². The molecule has 0 unspecified atom stereocenters. The number of aromatic carboxylic acids is 1. The molecule has 0 fully saturated rings. The molecule has 0 bridgehead atoms. The van der Waals surface area contributed by atoms with E-state index in [0.29, 0.717) is 11.4 Å². The van der Waals surface area contributed by atoms with E-state index in [9.17, 15) is 9.90 Å². The van der Waals surface area contributed by atoms with Crippen molar-refractivity contribution in [3.63, 3.8) is 0 Å². The van der Waals surface area contributed by atoms with Gasteiger partial charge < -0.3 is 20.7 Å². The predicted molar refractivity (Wildman–Crippen MR) is 70.3 cm³/mol. The Morgan fingerprint density at radius 3 is 2.68 bits per heavy atom. The Morgan fingerprint density at radius 2 is 2.00 bits per heavy atom. The van der Waals surface area contributed by atoms with Gasteiger partial charge in [-0.25, -0.2) is 4.79 Å². The molecular weight excluding hydrogens is 246 g/mol. The third kappa shape index (κ3) is 3.16. The molecule has 0 radical (unpaired) electrons. The van der Waals surface area contributed by atoms with Gasteiger partial charge in [0.1, 0.15) is 18.1 Å². The molecule has 0 aliphatic heterocycles. The molecule has 0 aliphatic carbocycles. The first-order valence-electron chi connectivity index (χ1n) is 5.60. The number of carbonyl (C=O) groups is 1. The first kappa shape index (κ1) is 12.8. The lowest BCUT2D eigenvalue weighted by Gasteiger charge is -2.10. The maximum Gasteiger partial charge on any atom is 0.335 e. The highest BCUT2D eigenvalue weighted by Gasteiger charge is 2.08. The summed E-state index contributed by atoms with van der Waals surface area (Å²) in [6.07, 6.45) is 0. The molecule has 19 heavy (non-hydrogen) atoms. The van der Waals surface area contributed by atoms with Crippen molar-refractivity contribution >= 4 is 11.7 Å². The molecule has 0 heterocycles. The summed E-state index contributed by atoms with van der Waals surface area (Å²) in [5.41, 5.74) is 6.96. The number of aromatic hydroxyl groups is 1. The molecular formula is C14H13NO4. The number of nitrogens with two attached hydrogens (primary N) is 1. The molecule has 0 aliphatic rings. The number of anilines is 1. The second-order valence-corrected chi connectivity index (χ2v) is 4.02. The van der Waals surface area contributed by atoms with Crippen LogP contribution in [0.5, 0.6) is 11.5 Å². The van der Waals surface area contributed by atoms with Crippen molar-refractivity contribution in [3.05, 3.63) is 53.6 Å². The SMILES string of the molecule is Nc1ccc(C(=O)O)cc1OCc1cccc(O)c1. The fourth-order valence-electron chi connectivity index (χ4n) is 1.60. The van der Waals surface area contributed by atoms with E-state index < -0.39 is 5.97 Å². The zero-order valence-electron chi connectivity index (χ0n) is 10.0. The summed E-state index contributed by atoms with van der Waals surface area (Å²) in [5.74, 6) is -0.584. The lowest BCUT2D eigenvalue weighted by molar-refractivity contribution is 0.0696. The fourth-order valence-corrected chi connectivity index (χ4v) is 1.60. The third-order valence-corrected chi connectivity index (χ3v) is 2.57. The Morgan fingerprint density at radius 1 is 1.21 bits per heavy atom. The van der Waals surface area contributed by atoms with Crippen molar-refractivity contribution in [2.75, 3.05) is 5.73 Å². The molecule has 98 valence electrons. The van der Waals surface area contributed by atoms with Gasteiger partial charge in [0.25, 0.3) is 0 Å². The summed E-state index contributed by atoms with van der Waals surface area (Å²) in [7, 11) is 0. The number of hydrogen-bond acceptors (Lipinski definition) is 4. The van der Waals surface area contributed by atoms with E-state index in [0.717, 1.165) is 5.56 Å². The molecule has 2 aromatic carbocycles. The number of phenolic OH excluding ortho intramolecular Hbond substituents is 1. The van der Waals surface area contributed by atoms with E-state index in [-0.39, 0.29) is 17.9 Å². The van der Waals surface area contributed by atoms with E-state index in [1.165, 1.54) is 18.2 Å². The van der Waals surface area contributed by atoms with Crippen LogP contribution in [-0.2, 0) is 6.61 Å². The Balaban J connectivity index is 2.15. The summed E-state index contributed by atoms with van der Waals surface area (Å²) in [6, 6.07) is 10.9. The van der Waals surface area contributed by atoms with Gasteiger partial charge in [-0.2, -0.15) is 0 Å². The van der Waals surface area contributed by atoms with E-state index >= 15 is 0 Å². The second kappa shape index (κ2) is 5.30. The summed E-state index contributed by atoms with van der Waals surface area (Å²) in [6.45, 7) is 0.196. The number of hydrogen-bond donors (Lipinski definition) is 3. The van der Waals surface area contributed by atoms with Crippen LogP contribution in [0.4, 0.5) is 5.69 Å². The molecule has 0 saturated heterocycles. The smallest absolute Gasteiger partial charge is 0.335 e. The van der Waals surface area contributed by atoms with Gasteiger partial charge in [0.05, 0.1) is 11.3 Å². The van der Waals surface area contributed by atoms with E-state index in [4.69, 9.17) is 15.6 Å². The molecule has 5 heteroatoms. The predicted octanol–water partition coefficient (Wildman–Crippen LogP) is 2.25. The fraction of sp³-hybridized carbons (Fsp3) is 0.0714. The van der Waals surface area contributed by atoms with Crippen LogP contribution in [0, 0.1) is 0 Å². The molecule has 5 nitrogen and oxygen atoms in total. The zero-order chi connectivity index (χ0) is 13.8. The van der Waals surface area contributed by atoms with Crippen molar-refractivity contribution in [1.29, 1.82) is 0 Å². The number of carboxylic acids is 1. The molecule has 2 rings (SSSR count). The van der Waals surface area contributed by atoms with Gasteiger partial charge in [0.15, 0.2) is 0 Å². The number of phenols is 1. The molecule has 2 aromatic rings. The quantitative estimate of drug-likeness (QED) is 0.732. The maximum atomic E-state index is 10.9. The highest BCUT2D eigenvalue weighted by Crippen LogP contribution is 2.24. The first-order valence-corrected chi connectivity index (χ1v) is 5.60. The van der Waals surface area contributed by atoms with Crippen molar-refractivity contribution in [2.45, 2.75) is 6.61 Å². The Labute approximate surface area is 109 Å². The maximum absolute atomic E-state index is 10.9. The van der Waals surface area contributed by atoms with Gasteiger partial charge in [-0.1, -0.05) is 12.1 Å². The van der Waals surface area contributed by atoms with E-state index in [1.54, 1.807) is 24.3 Å². The number of carboxylic acid groups (broad SMARTS) is 1. The average Bonchev–Trinajstić information content (AvgIpc) is 2.37. The lowest BCUT2D eigenvalue weighted by Crippen LogP contribution is -2.02. The molecule has 0 saturated carbocycles. The zero-order valence-corrected chi connectivity index (χ0v) is 10.0. The minimum absolute atomic E-state index is 0.111. The van der Waals surface area contributed by atoms with Crippen LogP contribution >= 0.6 is 0 Å². The van der Waals surface area contributed by atoms with Gasteiger partial charge in [0.2, 0.25) is 0 Å². The van der Waals surface area contributed by atoms with Crippen LogP contribution in [0.25, 0.3) is 0 Å². The highest BCUT2D eigenvalue weighted by atomic mass is 16.5. The van der Waals surface area contributed by atoms with Crippen molar-refractivity contribution < 1.29 is 19.7 Å². The average molecular weight is 259 g/mol. The molecule has 0 aromatic heterocycles. The minimum atomic E-state index is -1.04. The Hall–Kier alpha value is -2.69. The van der Waals surface area contributed by atoms with Crippen LogP contribution in [0.1, 0.15) is 15.9 Å². The van der Waals surface area contributed by atoms with E-state index in [2.05, 4.69) is 0 Å². The van der Waals surface area contributed by atoms with Crippen LogP contribution in [0.3, 0.4) is 0 Å². The molecule has 4 N–H and O–H groups in total. The summed E-state index contributed by atoms with van der Waals surface area (Å²) >= 11 is 0. The largest absolute Gasteiger partial charge is 0.508 e. The Kier molecular flexibility index (Phi) is 3.56. The highest BCUT2D eigenvalue weighted by molar-refractivity contribution is 5.89. The van der Waals surface area contributed by atoms with Crippen LogP contribution in [0.15, 0.2) is 42.5 Å². The first-order chi connectivity index (χ1) is 9.06. The standard InChI is InChI=1S/C14H13NO4/c15-12-5-4-10(14(17)18)7-13(12)19-8-9-2-1-3-11(16)6-9/h1-7,16H,8,15H2,(H,17,18). The van der Waals surface area contributed by atoms with Gasteiger partial charge in [0, 0.05) is 0 Å². The summed E-state index contributed by atoms with van der Waals surface area (Å²) in [4.78, 5) is 10.9. The number of benzene rings is 2. The van der Waals surface area contributed by atoms with Gasteiger partial charge in [-0.3, -0.25) is 0 Å². The second-order valence-electron chi connectivity index (χ2n) is 4.02. The molecule has 0 atom stereocenters.